The summed E-state index contributed by atoms with van der Waals surface area (Å²) < 4.78 is 26.9. The fourth-order valence-electron chi connectivity index (χ4n) is 3.58. The zero-order valence-corrected chi connectivity index (χ0v) is 14.5. The van der Waals surface area contributed by atoms with Gasteiger partial charge in [0.1, 0.15) is 0 Å². The van der Waals surface area contributed by atoms with Crippen molar-refractivity contribution in [3.8, 4) is 0 Å². The molecule has 0 bridgehead atoms. The van der Waals surface area contributed by atoms with Crippen molar-refractivity contribution in [2.45, 2.75) is 65.3 Å². The van der Waals surface area contributed by atoms with Crippen LogP contribution in [-0.2, 0) is 17.8 Å². The van der Waals surface area contributed by atoms with Crippen LogP contribution in [0, 0.1) is 31.6 Å². The van der Waals surface area contributed by atoms with E-state index in [2.05, 4.69) is 10.4 Å². The highest BCUT2D eigenvalue weighted by molar-refractivity contribution is 5.79. The van der Waals surface area contributed by atoms with Crippen LogP contribution in [0.15, 0.2) is 0 Å². The first-order valence-corrected chi connectivity index (χ1v) is 9.01. The second-order valence-corrected chi connectivity index (χ2v) is 7.52. The van der Waals surface area contributed by atoms with E-state index in [9.17, 15) is 13.6 Å². The van der Waals surface area contributed by atoms with Crippen LogP contribution in [0.25, 0.3) is 0 Å². The van der Waals surface area contributed by atoms with Crippen molar-refractivity contribution in [1.29, 1.82) is 0 Å². The summed E-state index contributed by atoms with van der Waals surface area (Å²) >= 11 is 0. The van der Waals surface area contributed by atoms with Gasteiger partial charge in [-0.15, -0.1) is 0 Å². The van der Waals surface area contributed by atoms with Crippen LogP contribution >= 0.6 is 0 Å². The van der Waals surface area contributed by atoms with E-state index in [-0.39, 0.29) is 5.91 Å². The summed E-state index contributed by atoms with van der Waals surface area (Å²) in [6.07, 6.45) is 2.72. The van der Waals surface area contributed by atoms with Crippen LogP contribution < -0.4 is 5.32 Å². The molecule has 1 aromatic rings. The van der Waals surface area contributed by atoms with Gasteiger partial charge in [0, 0.05) is 30.3 Å². The minimum atomic E-state index is -2.19. The number of nitrogens with one attached hydrogen (secondary N) is 1. The number of hydrogen-bond donors (Lipinski definition) is 1. The van der Waals surface area contributed by atoms with Crippen molar-refractivity contribution < 1.29 is 13.6 Å². The lowest BCUT2D eigenvalue weighted by molar-refractivity contribution is -0.120. The molecule has 0 aromatic carbocycles. The first kappa shape index (κ1) is 17.4. The summed E-state index contributed by atoms with van der Waals surface area (Å²) in [6.45, 7) is 5.52. The van der Waals surface area contributed by atoms with E-state index in [1.807, 2.05) is 18.5 Å². The van der Waals surface area contributed by atoms with E-state index >= 15 is 0 Å². The van der Waals surface area contributed by atoms with Crippen LogP contribution in [0.4, 0.5) is 8.78 Å². The summed E-state index contributed by atoms with van der Waals surface area (Å²) in [5.74, 6) is 0.670. The second kappa shape index (κ2) is 7.19. The third kappa shape index (κ3) is 4.14. The maximum atomic E-state index is 12.4. The third-order valence-corrected chi connectivity index (χ3v) is 5.50. The third-order valence-electron chi connectivity index (χ3n) is 5.50. The molecule has 1 N–H and O–H groups in total. The van der Waals surface area contributed by atoms with Crippen molar-refractivity contribution in [2.75, 3.05) is 6.54 Å². The molecule has 0 atom stereocenters. The topological polar surface area (TPSA) is 46.9 Å². The number of amides is 1. The standard InChI is InChI=1S/C18H27F2N3O/c1-11-16(12(2)23(22-11)10-13-3-4-13)9-17(24)21-6-5-14-7-15(8-14)18(19)20/h13-15,18H,3-10H2,1-2H3,(H,21,24). The molecule has 3 rings (SSSR count). The van der Waals surface area contributed by atoms with Crippen LogP contribution in [-0.4, -0.2) is 28.7 Å². The Hall–Kier alpha value is -1.46. The number of halogens is 2. The number of carbonyl (C=O) groups excluding carboxylic acids is 1. The van der Waals surface area contributed by atoms with Gasteiger partial charge in [-0.3, -0.25) is 9.48 Å². The molecule has 4 nitrogen and oxygen atoms in total. The first-order chi connectivity index (χ1) is 11.4. The Bertz CT molecular complexity index is 589. The molecule has 134 valence electrons. The fourth-order valence-corrected chi connectivity index (χ4v) is 3.58. The van der Waals surface area contributed by atoms with Gasteiger partial charge in [-0.1, -0.05) is 0 Å². The van der Waals surface area contributed by atoms with Crippen molar-refractivity contribution in [1.82, 2.24) is 15.1 Å². The highest BCUT2D eigenvalue weighted by Crippen LogP contribution is 2.39. The van der Waals surface area contributed by atoms with Gasteiger partial charge in [-0.2, -0.15) is 5.10 Å². The van der Waals surface area contributed by atoms with Crippen molar-refractivity contribution in [3.63, 3.8) is 0 Å². The molecule has 0 saturated heterocycles. The zero-order chi connectivity index (χ0) is 17.3. The maximum Gasteiger partial charge on any atom is 0.241 e. The van der Waals surface area contributed by atoms with E-state index in [4.69, 9.17) is 0 Å². The van der Waals surface area contributed by atoms with Crippen molar-refractivity contribution in [3.05, 3.63) is 17.0 Å². The average molecular weight is 339 g/mol. The van der Waals surface area contributed by atoms with Gasteiger partial charge in [0.25, 0.3) is 0 Å². The number of carbonyl (C=O) groups is 1. The molecular formula is C18H27F2N3O. The molecule has 0 unspecified atom stereocenters. The monoisotopic (exact) mass is 339 g/mol. The molecular weight excluding hydrogens is 312 g/mol. The summed E-state index contributed by atoms with van der Waals surface area (Å²) in [5, 5.41) is 7.49. The van der Waals surface area contributed by atoms with Crippen LogP contribution in [0.2, 0.25) is 0 Å². The summed E-state index contributed by atoms with van der Waals surface area (Å²) in [7, 11) is 0. The predicted molar refractivity (Wildman–Crippen MR) is 88.0 cm³/mol. The largest absolute Gasteiger partial charge is 0.356 e. The lowest BCUT2D eigenvalue weighted by atomic mass is 9.73. The minimum absolute atomic E-state index is 0.00287. The Morgan fingerprint density at radius 2 is 2.00 bits per heavy atom. The van der Waals surface area contributed by atoms with Gasteiger partial charge in [-0.25, -0.2) is 8.78 Å². The second-order valence-electron chi connectivity index (χ2n) is 7.52. The van der Waals surface area contributed by atoms with Gasteiger partial charge >= 0.3 is 0 Å². The molecule has 2 saturated carbocycles. The molecule has 2 aliphatic carbocycles. The Balaban J connectivity index is 1.41. The smallest absolute Gasteiger partial charge is 0.241 e. The van der Waals surface area contributed by atoms with Crippen LogP contribution in [0.1, 0.15) is 49.1 Å². The van der Waals surface area contributed by atoms with Crippen LogP contribution in [0.5, 0.6) is 0 Å². The molecule has 2 fully saturated rings. The Morgan fingerprint density at radius 1 is 1.29 bits per heavy atom. The van der Waals surface area contributed by atoms with Crippen molar-refractivity contribution >= 4 is 5.91 Å². The molecule has 0 aliphatic heterocycles. The van der Waals surface area contributed by atoms with Crippen molar-refractivity contribution in [2.24, 2.45) is 17.8 Å². The quantitative estimate of drug-likeness (QED) is 0.790. The van der Waals surface area contributed by atoms with E-state index in [1.165, 1.54) is 12.8 Å². The summed E-state index contributed by atoms with van der Waals surface area (Å²) in [5.41, 5.74) is 3.05. The average Bonchev–Trinajstić information content (AvgIpc) is 3.24. The Labute approximate surface area is 142 Å². The number of alkyl halides is 2. The van der Waals surface area contributed by atoms with E-state index in [0.717, 1.165) is 35.8 Å². The van der Waals surface area contributed by atoms with E-state index < -0.39 is 12.3 Å². The lowest BCUT2D eigenvalue weighted by Crippen LogP contribution is -2.33. The summed E-state index contributed by atoms with van der Waals surface area (Å²) in [6, 6.07) is 0. The molecule has 1 aromatic heterocycles. The maximum absolute atomic E-state index is 12.4. The van der Waals surface area contributed by atoms with E-state index in [0.29, 0.717) is 31.7 Å². The van der Waals surface area contributed by atoms with Gasteiger partial charge in [-0.05, 0) is 57.8 Å². The number of nitrogens with zero attached hydrogens (tertiary/aromatic N) is 2. The number of aryl methyl sites for hydroxylation is 1. The number of rotatable bonds is 8. The Kier molecular flexibility index (Phi) is 5.21. The number of aromatic nitrogens is 2. The summed E-state index contributed by atoms with van der Waals surface area (Å²) in [4.78, 5) is 12.2. The van der Waals surface area contributed by atoms with Gasteiger partial charge in [0.15, 0.2) is 0 Å². The molecule has 2 aliphatic rings. The first-order valence-electron chi connectivity index (χ1n) is 9.01. The highest BCUT2D eigenvalue weighted by atomic mass is 19.3. The lowest BCUT2D eigenvalue weighted by Gasteiger charge is -2.34. The molecule has 24 heavy (non-hydrogen) atoms. The number of hydrogen-bond acceptors (Lipinski definition) is 2. The van der Waals surface area contributed by atoms with E-state index in [1.54, 1.807) is 0 Å². The molecule has 0 radical (unpaired) electrons. The fraction of sp³-hybridized carbons (Fsp3) is 0.778. The van der Waals surface area contributed by atoms with Gasteiger partial charge < -0.3 is 5.32 Å². The molecule has 6 heteroatoms. The SMILES string of the molecule is Cc1nn(CC2CC2)c(C)c1CC(=O)NCCC1CC(C(F)F)C1. The predicted octanol–water partition coefficient (Wildman–Crippen LogP) is 3.25. The zero-order valence-electron chi connectivity index (χ0n) is 14.5. The molecule has 1 heterocycles. The van der Waals surface area contributed by atoms with Crippen LogP contribution in [0.3, 0.4) is 0 Å². The highest BCUT2D eigenvalue weighted by Gasteiger charge is 2.35. The van der Waals surface area contributed by atoms with Gasteiger partial charge in [0.05, 0.1) is 12.1 Å². The Morgan fingerprint density at radius 3 is 2.62 bits per heavy atom. The molecule has 1 amide bonds. The molecule has 0 spiro atoms. The minimum Gasteiger partial charge on any atom is -0.356 e. The van der Waals surface area contributed by atoms with Gasteiger partial charge in [0.2, 0.25) is 12.3 Å². The normalized spacial score (nSPS) is 23.4.